The lowest BCUT2D eigenvalue weighted by molar-refractivity contribution is -0.138. The summed E-state index contributed by atoms with van der Waals surface area (Å²) in [6.07, 6.45) is 2.53. The van der Waals surface area contributed by atoms with Crippen LogP contribution in [0, 0.1) is 0 Å². The van der Waals surface area contributed by atoms with E-state index in [0.717, 1.165) is 44.8 Å². The predicted octanol–water partition coefficient (Wildman–Crippen LogP) is 1.72. The quantitative estimate of drug-likeness (QED) is 0.827. The summed E-state index contributed by atoms with van der Waals surface area (Å²) in [5.41, 5.74) is 1.02. The van der Waals surface area contributed by atoms with Crippen LogP contribution in [0.3, 0.4) is 0 Å². The standard InChI is InChI=1S/C16H25ClN4O/c1-4-15(19(2)3)16(22)21-9-7-20(8-10-21)12-14-6-5-13(17)11-18-14/h5-6,11,15H,4,7-10,12H2,1-3H3/t15-/m1/s1. The number of hydrogen-bond donors (Lipinski definition) is 0. The third kappa shape index (κ3) is 4.41. The van der Waals surface area contributed by atoms with Crippen LogP contribution in [-0.2, 0) is 11.3 Å². The van der Waals surface area contributed by atoms with E-state index in [-0.39, 0.29) is 11.9 Å². The van der Waals surface area contributed by atoms with Crippen LogP contribution in [-0.4, -0.2) is 71.9 Å². The summed E-state index contributed by atoms with van der Waals surface area (Å²) in [5, 5.41) is 0.661. The Bertz CT molecular complexity index is 483. The van der Waals surface area contributed by atoms with Gasteiger partial charge in [-0.2, -0.15) is 0 Å². The molecule has 1 amide bonds. The fourth-order valence-electron chi connectivity index (χ4n) is 2.83. The number of amides is 1. The van der Waals surface area contributed by atoms with E-state index in [1.165, 1.54) is 0 Å². The number of halogens is 1. The minimum Gasteiger partial charge on any atom is -0.339 e. The van der Waals surface area contributed by atoms with Crippen molar-refractivity contribution in [2.75, 3.05) is 40.3 Å². The molecule has 22 heavy (non-hydrogen) atoms. The second-order valence-electron chi connectivity index (χ2n) is 5.96. The van der Waals surface area contributed by atoms with Gasteiger partial charge in [0.15, 0.2) is 0 Å². The summed E-state index contributed by atoms with van der Waals surface area (Å²) in [4.78, 5) is 23.2. The van der Waals surface area contributed by atoms with E-state index in [4.69, 9.17) is 11.6 Å². The van der Waals surface area contributed by atoms with Gasteiger partial charge in [0.05, 0.1) is 16.8 Å². The number of carbonyl (C=O) groups is 1. The van der Waals surface area contributed by atoms with Crippen molar-refractivity contribution in [2.24, 2.45) is 0 Å². The van der Waals surface area contributed by atoms with Gasteiger partial charge in [0.2, 0.25) is 5.91 Å². The van der Waals surface area contributed by atoms with Gasteiger partial charge in [-0.15, -0.1) is 0 Å². The topological polar surface area (TPSA) is 39.7 Å². The molecular weight excluding hydrogens is 300 g/mol. The molecule has 1 aromatic heterocycles. The molecule has 5 nitrogen and oxygen atoms in total. The first kappa shape index (κ1) is 17.2. The number of rotatable bonds is 5. The Morgan fingerprint density at radius 1 is 1.32 bits per heavy atom. The lowest BCUT2D eigenvalue weighted by Gasteiger charge is -2.37. The van der Waals surface area contributed by atoms with E-state index >= 15 is 0 Å². The zero-order chi connectivity index (χ0) is 16.1. The largest absolute Gasteiger partial charge is 0.339 e. The predicted molar refractivity (Wildman–Crippen MR) is 88.9 cm³/mol. The highest BCUT2D eigenvalue weighted by Gasteiger charge is 2.27. The van der Waals surface area contributed by atoms with Gasteiger partial charge in [0, 0.05) is 38.9 Å². The zero-order valence-electron chi connectivity index (χ0n) is 13.6. The van der Waals surface area contributed by atoms with Crippen LogP contribution in [0.25, 0.3) is 0 Å². The van der Waals surface area contributed by atoms with Crippen LogP contribution in [0.1, 0.15) is 19.0 Å². The van der Waals surface area contributed by atoms with E-state index in [1.807, 2.05) is 36.0 Å². The van der Waals surface area contributed by atoms with Crippen molar-refractivity contribution in [3.63, 3.8) is 0 Å². The third-order valence-electron chi connectivity index (χ3n) is 4.15. The number of pyridine rings is 1. The van der Waals surface area contributed by atoms with Crippen LogP contribution in [0.2, 0.25) is 5.02 Å². The van der Waals surface area contributed by atoms with E-state index in [0.29, 0.717) is 5.02 Å². The Labute approximate surface area is 137 Å². The highest BCUT2D eigenvalue weighted by Crippen LogP contribution is 2.12. The van der Waals surface area contributed by atoms with Crippen LogP contribution in [0.4, 0.5) is 0 Å². The number of piperazine rings is 1. The molecule has 0 unspecified atom stereocenters. The second-order valence-corrected chi connectivity index (χ2v) is 6.39. The minimum absolute atomic E-state index is 0.00974. The smallest absolute Gasteiger partial charge is 0.239 e. The number of likely N-dealkylation sites (N-methyl/N-ethyl adjacent to an activating group) is 1. The lowest BCUT2D eigenvalue weighted by Crippen LogP contribution is -2.53. The van der Waals surface area contributed by atoms with Crippen LogP contribution < -0.4 is 0 Å². The summed E-state index contributed by atoms with van der Waals surface area (Å²) in [7, 11) is 3.93. The Morgan fingerprint density at radius 3 is 2.50 bits per heavy atom. The molecule has 1 atom stereocenters. The molecule has 6 heteroatoms. The first-order chi connectivity index (χ1) is 10.5. The monoisotopic (exact) mass is 324 g/mol. The Balaban J connectivity index is 1.85. The maximum atomic E-state index is 12.5. The fourth-order valence-corrected chi connectivity index (χ4v) is 2.94. The molecule has 122 valence electrons. The second kappa shape index (κ2) is 7.90. The zero-order valence-corrected chi connectivity index (χ0v) is 14.4. The molecule has 2 heterocycles. The molecule has 2 rings (SSSR count). The highest BCUT2D eigenvalue weighted by molar-refractivity contribution is 6.30. The van der Waals surface area contributed by atoms with Gasteiger partial charge < -0.3 is 4.90 Å². The molecule has 1 aromatic rings. The van der Waals surface area contributed by atoms with Crippen molar-refractivity contribution in [2.45, 2.75) is 25.9 Å². The molecular formula is C16H25ClN4O. The molecule has 1 saturated heterocycles. The molecule has 0 saturated carbocycles. The third-order valence-corrected chi connectivity index (χ3v) is 4.38. The van der Waals surface area contributed by atoms with Gasteiger partial charge in [-0.1, -0.05) is 18.5 Å². The molecule has 0 radical (unpaired) electrons. The van der Waals surface area contributed by atoms with E-state index in [2.05, 4.69) is 16.8 Å². The van der Waals surface area contributed by atoms with Crippen molar-refractivity contribution >= 4 is 17.5 Å². The SMILES string of the molecule is CC[C@H](C(=O)N1CCN(Cc2ccc(Cl)cn2)CC1)N(C)C. The molecule has 1 fully saturated rings. The summed E-state index contributed by atoms with van der Waals surface area (Å²) in [6.45, 7) is 6.22. The maximum absolute atomic E-state index is 12.5. The van der Waals surface area contributed by atoms with E-state index < -0.39 is 0 Å². The van der Waals surface area contributed by atoms with Crippen molar-refractivity contribution in [3.05, 3.63) is 29.0 Å². The first-order valence-corrected chi connectivity index (χ1v) is 8.17. The highest BCUT2D eigenvalue weighted by atomic mass is 35.5. The average Bonchev–Trinajstić information content (AvgIpc) is 2.50. The number of hydrogen-bond acceptors (Lipinski definition) is 4. The van der Waals surface area contributed by atoms with Crippen molar-refractivity contribution in [1.82, 2.24) is 19.7 Å². The average molecular weight is 325 g/mol. The minimum atomic E-state index is -0.00974. The Hall–Kier alpha value is -1.17. The van der Waals surface area contributed by atoms with Gasteiger partial charge >= 0.3 is 0 Å². The Kier molecular flexibility index (Phi) is 6.17. The fraction of sp³-hybridized carbons (Fsp3) is 0.625. The molecule has 1 aliphatic heterocycles. The van der Waals surface area contributed by atoms with Crippen LogP contribution in [0.15, 0.2) is 18.3 Å². The summed E-state index contributed by atoms with van der Waals surface area (Å²) < 4.78 is 0. The van der Waals surface area contributed by atoms with Gasteiger partial charge in [0.25, 0.3) is 0 Å². The van der Waals surface area contributed by atoms with Crippen LogP contribution >= 0.6 is 11.6 Å². The number of aromatic nitrogens is 1. The number of carbonyl (C=O) groups excluding carboxylic acids is 1. The van der Waals surface area contributed by atoms with Crippen LogP contribution in [0.5, 0.6) is 0 Å². The molecule has 0 spiro atoms. The molecule has 0 aromatic carbocycles. The molecule has 0 N–H and O–H groups in total. The summed E-state index contributed by atoms with van der Waals surface area (Å²) >= 11 is 5.85. The van der Waals surface area contributed by atoms with Crippen molar-refractivity contribution in [1.29, 1.82) is 0 Å². The molecule has 1 aliphatic rings. The molecule has 0 bridgehead atoms. The van der Waals surface area contributed by atoms with E-state index in [9.17, 15) is 4.79 Å². The van der Waals surface area contributed by atoms with Gasteiger partial charge in [0.1, 0.15) is 0 Å². The molecule has 0 aliphatic carbocycles. The summed E-state index contributed by atoms with van der Waals surface area (Å²) in [5.74, 6) is 0.247. The first-order valence-electron chi connectivity index (χ1n) is 7.79. The maximum Gasteiger partial charge on any atom is 0.239 e. The van der Waals surface area contributed by atoms with Crippen molar-refractivity contribution < 1.29 is 4.79 Å². The normalized spacial score (nSPS) is 17.8. The van der Waals surface area contributed by atoms with Gasteiger partial charge in [-0.05, 0) is 32.6 Å². The number of nitrogens with zero attached hydrogens (tertiary/aromatic N) is 4. The van der Waals surface area contributed by atoms with Gasteiger partial charge in [-0.25, -0.2) is 0 Å². The van der Waals surface area contributed by atoms with Gasteiger partial charge in [-0.3, -0.25) is 19.6 Å². The summed E-state index contributed by atoms with van der Waals surface area (Å²) in [6, 6.07) is 3.82. The lowest BCUT2D eigenvalue weighted by atomic mass is 10.1. The Morgan fingerprint density at radius 2 is 2.00 bits per heavy atom. The van der Waals surface area contributed by atoms with E-state index in [1.54, 1.807) is 6.20 Å². The van der Waals surface area contributed by atoms with Crippen molar-refractivity contribution in [3.8, 4) is 0 Å².